The number of hydrogen-bond donors (Lipinski definition) is 1. The van der Waals surface area contributed by atoms with Crippen molar-refractivity contribution >= 4 is 34.9 Å². The predicted octanol–water partition coefficient (Wildman–Crippen LogP) is 5.28. The number of benzene rings is 1. The van der Waals surface area contributed by atoms with E-state index in [4.69, 9.17) is 26.1 Å². The molecule has 2 aromatic heterocycles. The van der Waals surface area contributed by atoms with Crippen LogP contribution in [0.5, 0.6) is 0 Å². The highest BCUT2D eigenvalue weighted by Gasteiger charge is 2.58. The summed E-state index contributed by atoms with van der Waals surface area (Å²) in [4.78, 5) is 39.3. The molecule has 2 amide bonds. The van der Waals surface area contributed by atoms with E-state index in [-0.39, 0.29) is 35.2 Å². The lowest BCUT2D eigenvalue weighted by Gasteiger charge is -2.47. The summed E-state index contributed by atoms with van der Waals surface area (Å²) in [5.41, 5.74) is 1.41. The van der Waals surface area contributed by atoms with Gasteiger partial charge in [-0.25, -0.2) is 13.8 Å². The average molecular weight is 626 g/mol. The molecular weight excluding hydrogens is 592 g/mol. The van der Waals surface area contributed by atoms with Gasteiger partial charge in [-0.1, -0.05) is 35.9 Å². The third-order valence-corrected chi connectivity index (χ3v) is 9.02. The van der Waals surface area contributed by atoms with E-state index in [2.05, 4.69) is 21.3 Å². The zero-order valence-corrected chi connectivity index (χ0v) is 25.1. The summed E-state index contributed by atoms with van der Waals surface area (Å²) >= 11 is 5.92. The number of amides is 2. The number of methoxy groups -OCH3 is 1. The highest BCUT2D eigenvalue weighted by atomic mass is 35.5. The number of anilines is 2. The zero-order chi connectivity index (χ0) is 30.8. The molecule has 1 aromatic carbocycles. The van der Waals surface area contributed by atoms with Gasteiger partial charge in [0.25, 0.3) is 12.3 Å². The number of carbonyl (C=O) groups excluding carboxylic acids is 2. The van der Waals surface area contributed by atoms with Crippen LogP contribution in [-0.4, -0.2) is 61.4 Å². The molecule has 12 heteroatoms. The second-order valence-corrected chi connectivity index (χ2v) is 12.1. The number of para-hydroxylation sites is 1. The maximum Gasteiger partial charge on any atom is 0.281 e. The molecule has 1 saturated carbocycles. The Labute approximate surface area is 259 Å². The van der Waals surface area contributed by atoms with Crippen LogP contribution in [0.3, 0.4) is 0 Å². The minimum Gasteiger partial charge on any atom is -0.359 e. The van der Waals surface area contributed by atoms with Crippen molar-refractivity contribution < 1.29 is 27.8 Å². The summed E-state index contributed by atoms with van der Waals surface area (Å²) in [6.07, 6.45) is 1.21. The molecule has 6 rings (SSSR count). The molecule has 0 unspecified atom stereocenters. The highest BCUT2D eigenvalue weighted by molar-refractivity contribution is 6.30. The van der Waals surface area contributed by atoms with E-state index in [1.54, 1.807) is 7.11 Å². The van der Waals surface area contributed by atoms with Gasteiger partial charge in [-0.2, -0.15) is 0 Å². The Kier molecular flexibility index (Phi) is 8.80. The molecule has 1 N–H and O–H groups in total. The molecule has 0 atom stereocenters. The van der Waals surface area contributed by atoms with E-state index in [0.717, 1.165) is 41.8 Å². The first-order valence-electron chi connectivity index (χ1n) is 14.7. The smallest absolute Gasteiger partial charge is 0.281 e. The molecule has 1 aliphatic carbocycles. The average Bonchev–Trinajstić information content (AvgIpc) is 3.25. The molecule has 232 valence electrons. The van der Waals surface area contributed by atoms with Crippen molar-refractivity contribution in [2.75, 3.05) is 43.3 Å². The Morgan fingerprint density at radius 1 is 1.14 bits per heavy atom. The van der Waals surface area contributed by atoms with Crippen LogP contribution in [0.4, 0.5) is 20.3 Å². The summed E-state index contributed by atoms with van der Waals surface area (Å²) < 4.78 is 37.2. The number of ether oxygens (including phenoxy) is 2. The van der Waals surface area contributed by atoms with Crippen molar-refractivity contribution in [3.8, 4) is 0 Å². The molecule has 2 aliphatic heterocycles. The molecule has 0 radical (unpaired) electrons. The van der Waals surface area contributed by atoms with Gasteiger partial charge in [0.2, 0.25) is 5.91 Å². The number of carbonyl (C=O) groups is 2. The highest BCUT2D eigenvalue weighted by Crippen LogP contribution is 2.49. The summed E-state index contributed by atoms with van der Waals surface area (Å²) in [6, 6.07) is 14.9. The van der Waals surface area contributed by atoms with E-state index < -0.39 is 23.4 Å². The van der Waals surface area contributed by atoms with Crippen LogP contribution >= 0.6 is 11.6 Å². The fourth-order valence-electron chi connectivity index (χ4n) is 6.62. The van der Waals surface area contributed by atoms with E-state index in [1.165, 1.54) is 6.07 Å². The third kappa shape index (κ3) is 5.88. The second kappa shape index (κ2) is 12.7. The molecule has 44 heavy (non-hydrogen) atoms. The maximum absolute atomic E-state index is 14.0. The molecule has 3 aliphatic rings. The van der Waals surface area contributed by atoms with Crippen LogP contribution < -0.4 is 15.1 Å². The number of pyridine rings is 2. The lowest BCUT2D eigenvalue weighted by atomic mass is 9.74. The largest absolute Gasteiger partial charge is 0.359 e. The van der Waals surface area contributed by atoms with Crippen molar-refractivity contribution in [2.24, 2.45) is 5.92 Å². The van der Waals surface area contributed by atoms with Crippen LogP contribution in [-0.2, 0) is 26.3 Å². The number of aromatic nitrogens is 2. The topological polar surface area (TPSA) is 96.9 Å². The van der Waals surface area contributed by atoms with Crippen LogP contribution in [0.2, 0.25) is 5.02 Å². The lowest BCUT2D eigenvalue weighted by Crippen LogP contribution is -2.64. The second-order valence-electron chi connectivity index (χ2n) is 11.7. The van der Waals surface area contributed by atoms with Gasteiger partial charge in [0, 0.05) is 44.7 Å². The van der Waals surface area contributed by atoms with Crippen molar-refractivity contribution in [1.82, 2.24) is 15.3 Å². The number of nitrogens with one attached hydrogen (secondary N) is 1. The number of hydrogen-bond acceptors (Lipinski definition) is 7. The SMILES string of the molecule is COCOCc1cccc(N2CC3(C2)C(=O)N(CC2CCC(NC(=O)c4cc(Cl)cnc4C(F)F)CC2)c2ccccc23)n1. The van der Waals surface area contributed by atoms with Crippen molar-refractivity contribution in [1.29, 1.82) is 0 Å². The Morgan fingerprint density at radius 3 is 2.66 bits per heavy atom. The first-order chi connectivity index (χ1) is 21.3. The lowest BCUT2D eigenvalue weighted by molar-refractivity contribution is -0.124. The summed E-state index contributed by atoms with van der Waals surface area (Å²) in [7, 11) is 1.57. The van der Waals surface area contributed by atoms with E-state index in [9.17, 15) is 18.4 Å². The summed E-state index contributed by atoms with van der Waals surface area (Å²) in [5.74, 6) is 0.577. The maximum atomic E-state index is 14.0. The minimum absolute atomic E-state index is 0.109. The van der Waals surface area contributed by atoms with Gasteiger partial charge in [0.15, 0.2) is 0 Å². The molecule has 1 saturated heterocycles. The third-order valence-electron chi connectivity index (χ3n) is 8.81. The number of rotatable bonds is 10. The van der Waals surface area contributed by atoms with E-state index in [0.29, 0.717) is 39.1 Å². The first kappa shape index (κ1) is 30.4. The molecule has 0 bridgehead atoms. The Bertz CT molecular complexity index is 1530. The summed E-state index contributed by atoms with van der Waals surface area (Å²) in [6.45, 7) is 2.23. The molecule has 1 spiro atoms. The molecule has 2 fully saturated rings. The van der Waals surface area contributed by atoms with Crippen molar-refractivity contribution in [3.05, 3.63) is 82.3 Å². The van der Waals surface area contributed by atoms with Crippen molar-refractivity contribution in [2.45, 2.75) is 50.2 Å². The van der Waals surface area contributed by atoms with Crippen LogP contribution in [0.1, 0.15) is 59.4 Å². The molecule has 9 nitrogen and oxygen atoms in total. The monoisotopic (exact) mass is 625 g/mol. The van der Waals surface area contributed by atoms with Crippen LogP contribution in [0.15, 0.2) is 54.7 Å². The Hall–Kier alpha value is -3.67. The number of alkyl halides is 2. The van der Waals surface area contributed by atoms with Gasteiger partial charge in [0.05, 0.1) is 22.9 Å². The van der Waals surface area contributed by atoms with Gasteiger partial charge in [-0.15, -0.1) is 0 Å². The van der Waals surface area contributed by atoms with Gasteiger partial charge in [-0.05, 0) is 61.4 Å². The predicted molar refractivity (Wildman–Crippen MR) is 161 cm³/mol. The molecular formula is C32H34ClF2N5O4. The fraction of sp³-hybridized carbons (Fsp3) is 0.438. The molecule has 3 aromatic rings. The normalized spacial score (nSPS) is 20.6. The number of halogens is 3. The van der Waals surface area contributed by atoms with E-state index >= 15 is 0 Å². The van der Waals surface area contributed by atoms with Gasteiger partial charge < -0.3 is 24.6 Å². The van der Waals surface area contributed by atoms with E-state index in [1.807, 2.05) is 41.3 Å². The molecule has 4 heterocycles. The van der Waals surface area contributed by atoms with Crippen molar-refractivity contribution in [3.63, 3.8) is 0 Å². The number of fused-ring (bicyclic) bond motifs is 2. The zero-order valence-electron chi connectivity index (χ0n) is 24.3. The summed E-state index contributed by atoms with van der Waals surface area (Å²) in [5, 5.41) is 3.02. The van der Waals surface area contributed by atoms with Gasteiger partial charge >= 0.3 is 0 Å². The Morgan fingerprint density at radius 2 is 1.91 bits per heavy atom. The number of nitrogens with zero attached hydrogens (tertiary/aromatic N) is 4. The Balaban J connectivity index is 1.08. The minimum atomic E-state index is -2.88. The van der Waals surface area contributed by atoms with Gasteiger partial charge in [-0.3, -0.25) is 14.6 Å². The standard InChI is InChI=1S/C32H34ClF2N5O4/c1-43-19-44-16-23-5-4-8-27(37-23)39-17-32(18-39)25-6-2-3-7-26(25)40(31(32)42)15-20-9-11-22(12-10-20)38-30(41)24-13-21(33)14-36-28(24)29(34)35/h2-8,13-14,20,22,29H,9-12,15-19H2,1H3,(H,38,41). The fourth-order valence-corrected chi connectivity index (χ4v) is 6.78. The van der Waals surface area contributed by atoms with Crippen LogP contribution in [0.25, 0.3) is 0 Å². The first-order valence-corrected chi connectivity index (χ1v) is 15.1. The quantitative estimate of drug-likeness (QED) is 0.242. The van der Waals surface area contributed by atoms with Crippen LogP contribution in [0, 0.1) is 5.92 Å². The van der Waals surface area contributed by atoms with Gasteiger partial charge in [0.1, 0.15) is 23.7 Å².